The molecular weight excluding hydrogens is 226 g/mol. The van der Waals surface area contributed by atoms with E-state index in [-0.39, 0.29) is 0 Å². The van der Waals surface area contributed by atoms with Crippen molar-refractivity contribution in [2.75, 3.05) is 20.2 Å². The van der Waals surface area contributed by atoms with Gasteiger partial charge in [0.05, 0.1) is 7.11 Å². The monoisotopic (exact) mass is 245 g/mol. The number of carbonyl (C=O) groups is 1. The van der Waals surface area contributed by atoms with E-state index in [1.807, 2.05) is 29.2 Å². The van der Waals surface area contributed by atoms with Crippen molar-refractivity contribution >= 4 is 5.91 Å². The Bertz CT molecular complexity index is 430. The average molecular weight is 245 g/mol. The van der Waals surface area contributed by atoms with Gasteiger partial charge < -0.3 is 9.64 Å². The van der Waals surface area contributed by atoms with Crippen LogP contribution in [0.2, 0.25) is 0 Å². The minimum atomic E-state index is 0.318. The molecule has 1 amide bonds. The number of likely N-dealkylation sites (tertiary alicyclic amines) is 1. The van der Waals surface area contributed by atoms with Crippen LogP contribution in [0.25, 0.3) is 0 Å². The number of piperidine rings is 1. The molecular formula is C15H19NO2. The van der Waals surface area contributed by atoms with Crippen LogP contribution in [-0.4, -0.2) is 31.0 Å². The van der Waals surface area contributed by atoms with E-state index < -0.39 is 0 Å². The largest absolute Gasteiger partial charge is 0.497 e. The Balaban J connectivity index is 1.49. The maximum absolute atomic E-state index is 12.0. The minimum Gasteiger partial charge on any atom is -0.497 e. The molecule has 3 nitrogen and oxygen atoms in total. The second-order valence-corrected chi connectivity index (χ2v) is 5.40. The molecule has 1 aromatic rings. The molecule has 2 fully saturated rings. The van der Waals surface area contributed by atoms with Crippen molar-refractivity contribution in [2.24, 2.45) is 11.8 Å². The van der Waals surface area contributed by atoms with Crippen LogP contribution in [0.3, 0.4) is 0 Å². The summed E-state index contributed by atoms with van der Waals surface area (Å²) in [6, 6.07) is 7.97. The number of aryl methyl sites for hydroxylation is 1. The first kappa shape index (κ1) is 11.6. The van der Waals surface area contributed by atoms with Crippen LogP contribution in [0.5, 0.6) is 5.75 Å². The Morgan fingerprint density at radius 3 is 2.56 bits per heavy atom. The van der Waals surface area contributed by atoms with Crippen LogP contribution in [0.4, 0.5) is 0 Å². The first-order chi connectivity index (χ1) is 8.76. The highest BCUT2D eigenvalue weighted by atomic mass is 16.5. The van der Waals surface area contributed by atoms with Crippen molar-refractivity contribution in [1.29, 1.82) is 0 Å². The highest BCUT2D eigenvalue weighted by molar-refractivity contribution is 5.77. The summed E-state index contributed by atoms with van der Waals surface area (Å²) < 4.78 is 5.12. The lowest BCUT2D eigenvalue weighted by Gasteiger charge is -2.17. The van der Waals surface area contributed by atoms with Crippen LogP contribution < -0.4 is 4.74 Å². The summed E-state index contributed by atoms with van der Waals surface area (Å²) in [6.07, 6.45) is 2.81. The van der Waals surface area contributed by atoms with E-state index in [9.17, 15) is 4.79 Å². The molecule has 96 valence electrons. The Morgan fingerprint density at radius 2 is 1.94 bits per heavy atom. The molecule has 1 heterocycles. The van der Waals surface area contributed by atoms with Gasteiger partial charge in [0, 0.05) is 19.5 Å². The highest BCUT2D eigenvalue weighted by Gasteiger charge is 2.46. The molecule has 0 aromatic heterocycles. The number of hydrogen-bond acceptors (Lipinski definition) is 2. The third-order valence-electron chi connectivity index (χ3n) is 4.12. The van der Waals surface area contributed by atoms with Gasteiger partial charge in [0.2, 0.25) is 5.91 Å². The maximum Gasteiger partial charge on any atom is 0.222 e. The van der Waals surface area contributed by atoms with Crippen molar-refractivity contribution in [2.45, 2.75) is 19.3 Å². The molecule has 0 bridgehead atoms. The Hall–Kier alpha value is -1.51. The fraction of sp³-hybridized carbons (Fsp3) is 0.533. The fourth-order valence-corrected chi connectivity index (χ4v) is 2.80. The molecule has 0 spiro atoms. The van der Waals surface area contributed by atoms with Crippen molar-refractivity contribution in [3.05, 3.63) is 29.8 Å². The normalized spacial score (nSPS) is 24.8. The Labute approximate surface area is 108 Å². The number of ether oxygens (including phenoxy) is 1. The van der Waals surface area contributed by atoms with Gasteiger partial charge in [-0.1, -0.05) is 12.1 Å². The van der Waals surface area contributed by atoms with E-state index in [0.717, 1.165) is 37.1 Å². The lowest BCUT2D eigenvalue weighted by molar-refractivity contribution is -0.130. The molecule has 2 unspecified atom stereocenters. The van der Waals surface area contributed by atoms with Crippen LogP contribution in [0.15, 0.2) is 24.3 Å². The lowest BCUT2D eigenvalue weighted by Crippen LogP contribution is -2.30. The lowest BCUT2D eigenvalue weighted by atomic mass is 10.1. The van der Waals surface area contributed by atoms with E-state index in [0.29, 0.717) is 12.3 Å². The SMILES string of the molecule is COc1ccc(CCC(=O)N2CC3CC3C2)cc1. The number of benzene rings is 1. The van der Waals surface area contributed by atoms with Gasteiger partial charge in [-0.15, -0.1) is 0 Å². The van der Waals surface area contributed by atoms with E-state index >= 15 is 0 Å². The summed E-state index contributed by atoms with van der Waals surface area (Å²) in [7, 11) is 1.66. The zero-order chi connectivity index (χ0) is 12.5. The Morgan fingerprint density at radius 1 is 1.28 bits per heavy atom. The zero-order valence-electron chi connectivity index (χ0n) is 10.8. The summed E-state index contributed by atoms with van der Waals surface area (Å²) in [5.74, 6) is 2.84. The predicted octanol–water partition coefficient (Wildman–Crippen LogP) is 2.11. The molecule has 2 atom stereocenters. The number of nitrogens with zero attached hydrogens (tertiary/aromatic N) is 1. The number of amides is 1. The standard InChI is InChI=1S/C15H19NO2/c1-18-14-5-2-11(3-6-14)4-7-15(17)16-9-12-8-13(12)10-16/h2-3,5-6,12-13H,4,7-10H2,1H3. The van der Waals surface area contributed by atoms with Crippen LogP contribution in [0.1, 0.15) is 18.4 Å². The van der Waals surface area contributed by atoms with Gasteiger partial charge >= 0.3 is 0 Å². The smallest absolute Gasteiger partial charge is 0.222 e. The van der Waals surface area contributed by atoms with Gasteiger partial charge in [-0.2, -0.15) is 0 Å². The zero-order valence-corrected chi connectivity index (χ0v) is 10.8. The second kappa shape index (κ2) is 4.63. The summed E-state index contributed by atoms with van der Waals surface area (Å²) in [5, 5.41) is 0. The molecule has 1 saturated carbocycles. The Kier molecular flexibility index (Phi) is 2.98. The van der Waals surface area contributed by atoms with E-state index in [2.05, 4.69) is 0 Å². The first-order valence-corrected chi connectivity index (χ1v) is 6.67. The van der Waals surface area contributed by atoms with E-state index in [1.54, 1.807) is 7.11 Å². The maximum atomic E-state index is 12.0. The minimum absolute atomic E-state index is 0.318. The van der Waals surface area contributed by atoms with Crippen LogP contribution in [-0.2, 0) is 11.2 Å². The molecule has 1 aliphatic heterocycles. The van der Waals surface area contributed by atoms with E-state index in [1.165, 1.54) is 12.0 Å². The number of methoxy groups -OCH3 is 1. The number of rotatable bonds is 4. The predicted molar refractivity (Wildman–Crippen MR) is 69.5 cm³/mol. The van der Waals surface area contributed by atoms with E-state index in [4.69, 9.17) is 4.74 Å². The molecule has 1 aromatic carbocycles. The molecule has 1 saturated heterocycles. The number of carbonyl (C=O) groups excluding carboxylic acids is 1. The molecule has 0 N–H and O–H groups in total. The van der Waals surface area contributed by atoms with Crippen molar-refractivity contribution < 1.29 is 9.53 Å². The average Bonchev–Trinajstić information content (AvgIpc) is 3.03. The van der Waals surface area contributed by atoms with Crippen molar-refractivity contribution in [3.8, 4) is 5.75 Å². The topological polar surface area (TPSA) is 29.5 Å². The third kappa shape index (κ3) is 2.35. The summed E-state index contributed by atoms with van der Waals surface area (Å²) in [6.45, 7) is 2.01. The number of hydrogen-bond donors (Lipinski definition) is 0. The molecule has 3 heteroatoms. The summed E-state index contributed by atoms with van der Waals surface area (Å²) >= 11 is 0. The molecule has 2 aliphatic rings. The van der Waals surface area contributed by atoms with Crippen LogP contribution in [0, 0.1) is 11.8 Å². The van der Waals surface area contributed by atoms with Crippen molar-refractivity contribution in [3.63, 3.8) is 0 Å². The molecule has 3 rings (SSSR count). The van der Waals surface area contributed by atoms with Gasteiger partial charge in [-0.25, -0.2) is 0 Å². The van der Waals surface area contributed by atoms with Gasteiger partial charge in [0.15, 0.2) is 0 Å². The van der Waals surface area contributed by atoms with Gasteiger partial charge in [0.1, 0.15) is 5.75 Å². The molecule has 1 aliphatic carbocycles. The van der Waals surface area contributed by atoms with Crippen LogP contribution >= 0.6 is 0 Å². The van der Waals surface area contributed by atoms with Gasteiger partial charge in [-0.3, -0.25) is 4.79 Å². The van der Waals surface area contributed by atoms with Gasteiger partial charge in [0.25, 0.3) is 0 Å². The quantitative estimate of drug-likeness (QED) is 0.813. The van der Waals surface area contributed by atoms with Crippen molar-refractivity contribution in [1.82, 2.24) is 4.90 Å². The fourth-order valence-electron chi connectivity index (χ4n) is 2.80. The summed E-state index contributed by atoms with van der Waals surface area (Å²) in [5.41, 5.74) is 1.20. The highest BCUT2D eigenvalue weighted by Crippen LogP contribution is 2.44. The molecule has 18 heavy (non-hydrogen) atoms. The third-order valence-corrected chi connectivity index (χ3v) is 4.12. The molecule has 0 radical (unpaired) electrons. The summed E-state index contributed by atoms with van der Waals surface area (Å²) in [4.78, 5) is 14.1. The van der Waals surface area contributed by atoms with Gasteiger partial charge in [-0.05, 0) is 42.4 Å². The first-order valence-electron chi connectivity index (χ1n) is 6.67. The second-order valence-electron chi connectivity index (χ2n) is 5.40. The number of fused-ring (bicyclic) bond motifs is 1.